The zero-order valence-corrected chi connectivity index (χ0v) is 19.7. The zero-order valence-electron chi connectivity index (χ0n) is 18.9. The van der Waals surface area contributed by atoms with Crippen molar-refractivity contribution in [2.24, 2.45) is 0 Å². The molecule has 1 fully saturated rings. The second kappa shape index (κ2) is 8.40. The second-order valence-electron chi connectivity index (χ2n) is 9.50. The van der Waals surface area contributed by atoms with Gasteiger partial charge in [-0.15, -0.1) is 0 Å². The lowest BCUT2D eigenvalue weighted by Gasteiger charge is -2.50. The lowest BCUT2D eigenvalue weighted by molar-refractivity contribution is -0.0128. The Kier molecular flexibility index (Phi) is 5.52. The molecule has 1 saturated heterocycles. The molecule has 0 radical (unpaired) electrons. The average Bonchev–Trinajstić information content (AvgIpc) is 2.78. The number of rotatable bonds is 3. The van der Waals surface area contributed by atoms with Gasteiger partial charge >= 0.3 is 5.97 Å². The maximum atomic E-state index is 13.7. The highest BCUT2D eigenvalue weighted by Gasteiger charge is 2.48. The number of hydrogen-bond donors (Lipinski definition) is 2. The van der Waals surface area contributed by atoms with Crippen molar-refractivity contribution in [3.05, 3.63) is 95.3 Å². The Morgan fingerprint density at radius 2 is 1.79 bits per heavy atom. The topological polar surface area (TPSA) is 59.6 Å². The summed E-state index contributed by atoms with van der Waals surface area (Å²) in [5.74, 6) is 0.206. The number of carbonyl (C=O) groups excluding carboxylic acids is 1. The minimum Gasteiger partial charge on any atom is -0.468 e. The number of halogens is 1. The summed E-state index contributed by atoms with van der Waals surface area (Å²) in [4.78, 5) is 12.6. The maximum Gasteiger partial charge on any atom is 0.343 e. The summed E-state index contributed by atoms with van der Waals surface area (Å²) in [6, 6.07) is 20.8. The Morgan fingerprint density at radius 3 is 2.50 bits per heavy atom. The predicted octanol–water partition coefficient (Wildman–Crippen LogP) is 5.30. The number of nitrogens with one attached hydrogen (secondary N) is 2. The molecule has 34 heavy (non-hydrogen) atoms. The van der Waals surface area contributed by atoms with Gasteiger partial charge in [-0.2, -0.15) is 0 Å². The third kappa shape index (κ3) is 4.48. The fourth-order valence-electron chi connectivity index (χ4n) is 4.91. The molecule has 3 aromatic carbocycles. The Labute approximate surface area is 203 Å². The first kappa shape index (κ1) is 22.3. The first-order valence-electron chi connectivity index (χ1n) is 11.2. The largest absolute Gasteiger partial charge is 0.468 e. The van der Waals surface area contributed by atoms with E-state index in [4.69, 9.17) is 21.7 Å². The summed E-state index contributed by atoms with van der Waals surface area (Å²) in [5.41, 5.74) is 1.34. The Morgan fingerprint density at radius 1 is 1.06 bits per heavy atom. The van der Waals surface area contributed by atoms with Crippen molar-refractivity contribution in [3.8, 4) is 11.5 Å². The summed E-state index contributed by atoms with van der Waals surface area (Å²) < 4.78 is 25.9. The normalized spacial score (nSPS) is 22.7. The van der Waals surface area contributed by atoms with Gasteiger partial charge in [-0.25, -0.2) is 9.18 Å². The molecule has 5 rings (SSSR count). The van der Waals surface area contributed by atoms with Crippen LogP contribution < -0.4 is 20.1 Å². The van der Waals surface area contributed by atoms with Crippen LogP contribution in [-0.2, 0) is 0 Å². The van der Waals surface area contributed by atoms with Gasteiger partial charge in [0.25, 0.3) is 0 Å². The third-order valence-corrected chi connectivity index (χ3v) is 6.42. The van der Waals surface area contributed by atoms with Crippen LogP contribution in [0.1, 0.15) is 54.1 Å². The van der Waals surface area contributed by atoms with Gasteiger partial charge < -0.3 is 20.1 Å². The number of fused-ring (bicyclic) bond motifs is 1. The van der Waals surface area contributed by atoms with Crippen molar-refractivity contribution in [3.63, 3.8) is 0 Å². The molecule has 7 heteroatoms. The molecule has 0 aromatic heterocycles. The van der Waals surface area contributed by atoms with Gasteiger partial charge in [0.05, 0.1) is 5.56 Å². The van der Waals surface area contributed by atoms with Gasteiger partial charge in [-0.3, -0.25) is 0 Å². The van der Waals surface area contributed by atoms with Gasteiger partial charge in [0, 0.05) is 35.9 Å². The van der Waals surface area contributed by atoms with Crippen LogP contribution in [0.4, 0.5) is 4.39 Å². The number of thiocarbonyl (C=S) groups is 1. The summed E-state index contributed by atoms with van der Waals surface area (Å²) in [6.07, 6.45) is 1.26. The number of carbonyl (C=O) groups is 1. The SMILES string of the molecule is CC1(C)CC2(CC(c3ccc(F)cc3)c3ccc(OC(=O)c4ccccc4)cc3O2)NC(=S)N1. The fraction of sp³-hybridized carbons (Fsp3) is 0.259. The lowest BCUT2D eigenvalue weighted by atomic mass is 9.77. The van der Waals surface area contributed by atoms with Crippen molar-refractivity contribution < 1.29 is 18.7 Å². The van der Waals surface area contributed by atoms with Gasteiger partial charge in [0.1, 0.15) is 17.3 Å². The highest BCUT2D eigenvalue weighted by molar-refractivity contribution is 7.80. The Balaban J connectivity index is 1.53. The molecule has 0 saturated carbocycles. The van der Waals surface area contributed by atoms with Gasteiger partial charge in [-0.05, 0) is 62.0 Å². The van der Waals surface area contributed by atoms with Crippen LogP contribution in [0.25, 0.3) is 0 Å². The summed E-state index contributed by atoms with van der Waals surface area (Å²) >= 11 is 5.50. The molecule has 0 amide bonds. The van der Waals surface area contributed by atoms with Crippen LogP contribution in [-0.4, -0.2) is 22.3 Å². The number of hydrogen-bond acceptors (Lipinski definition) is 4. The molecule has 3 aromatic rings. The molecular formula is C27H25FN2O3S. The van der Waals surface area contributed by atoms with Crippen molar-refractivity contribution in [1.29, 1.82) is 0 Å². The molecule has 5 nitrogen and oxygen atoms in total. The van der Waals surface area contributed by atoms with Crippen molar-refractivity contribution in [1.82, 2.24) is 10.6 Å². The standard InChI is InChI=1S/C27H25FN2O3S/c1-26(2)16-27(30-25(34)29-26)15-22(17-8-10-19(28)11-9-17)21-13-12-20(14-23(21)33-27)32-24(31)18-6-4-3-5-7-18/h3-14,22H,15-16H2,1-2H3,(H2,29,30,34). The molecule has 2 atom stereocenters. The fourth-order valence-corrected chi connectivity index (χ4v) is 5.37. The van der Waals surface area contributed by atoms with Gasteiger partial charge in [-0.1, -0.05) is 36.4 Å². The monoisotopic (exact) mass is 476 g/mol. The van der Waals surface area contributed by atoms with Crippen LogP contribution in [0.15, 0.2) is 72.8 Å². The van der Waals surface area contributed by atoms with E-state index in [1.54, 1.807) is 48.5 Å². The first-order chi connectivity index (χ1) is 16.2. The van der Waals surface area contributed by atoms with Crippen LogP contribution in [0.3, 0.4) is 0 Å². The van der Waals surface area contributed by atoms with E-state index < -0.39 is 11.7 Å². The zero-order chi connectivity index (χ0) is 23.9. The van der Waals surface area contributed by atoms with Gasteiger partial charge in [0.2, 0.25) is 0 Å². The van der Waals surface area contributed by atoms with Crippen molar-refractivity contribution in [2.75, 3.05) is 0 Å². The van der Waals surface area contributed by atoms with E-state index >= 15 is 0 Å². The molecule has 1 spiro atoms. The number of ether oxygens (including phenoxy) is 2. The lowest BCUT2D eigenvalue weighted by Crippen LogP contribution is -2.69. The van der Waals surface area contributed by atoms with E-state index in [2.05, 4.69) is 24.5 Å². The molecule has 2 heterocycles. The Hall–Kier alpha value is -3.45. The molecule has 2 aliphatic rings. The molecular weight excluding hydrogens is 451 g/mol. The van der Waals surface area contributed by atoms with E-state index in [0.717, 1.165) is 11.1 Å². The highest BCUT2D eigenvalue weighted by atomic mass is 32.1. The van der Waals surface area contributed by atoms with Crippen LogP contribution >= 0.6 is 12.2 Å². The maximum absolute atomic E-state index is 13.7. The molecule has 0 aliphatic carbocycles. The minimum absolute atomic E-state index is 0.0626. The van der Waals surface area contributed by atoms with Crippen LogP contribution in [0.2, 0.25) is 0 Å². The van der Waals surface area contributed by atoms with E-state index in [-0.39, 0.29) is 17.3 Å². The average molecular weight is 477 g/mol. The van der Waals surface area contributed by atoms with Crippen LogP contribution in [0.5, 0.6) is 11.5 Å². The van der Waals surface area contributed by atoms with Crippen molar-refractivity contribution in [2.45, 2.75) is 43.9 Å². The highest BCUT2D eigenvalue weighted by Crippen LogP contribution is 2.47. The predicted molar refractivity (Wildman–Crippen MR) is 132 cm³/mol. The van der Waals surface area contributed by atoms with Crippen LogP contribution in [0, 0.1) is 5.82 Å². The van der Waals surface area contributed by atoms with E-state index in [9.17, 15) is 9.18 Å². The minimum atomic E-state index is -0.764. The third-order valence-electron chi connectivity index (χ3n) is 6.21. The quantitative estimate of drug-likeness (QED) is 0.304. The molecule has 0 bridgehead atoms. The van der Waals surface area contributed by atoms with E-state index in [1.165, 1.54) is 12.1 Å². The molecule has 2 N–H and O–H groups in total. The molecule has 2 unspecified atom stereocenters. The smallest absolute Gasteiger partial charge is 0.343 e. The van der Waals surface area contributed by atoms with E-state index in [0.29, 0.717) is 35.0 Å². The molecule has 174 valence electrons. The van der Waals surface area contributed by atoms with Crippen molar-refractivity contribution >= 4 is 23.3 Å². The first-order valence-corrected chi connectivity index (χ1v) is 11.6. The summed E-state index contributed by atoms with van der Waals surface area (Å²) in [5, 5.41) is 7.15. The molecule has 2 aliphatic heterocycles. The number of benzene rings is 3. The van der Waals surface area contributed by atoms with Gasteiger partial charge in [0.15, 0.2) is 10.8 Å². The van der Waals surface area contributed by atoms with E-state index in [1.807, 2.05) is 12.1 Å². The number of esters is 1. The second-order valence-corrected chi connectivity index (χ2v) is 9.91. The summed E-state index contributed by atoms with van der Waals surface area (Å²) in [7, 11) is 0. The Bertz CT molecular complexity index is 1250. The summed E-state index contributed by atoms with van der Waals surface area (Å²) in [6.45, 7) is 4.15.